The van der Waals surface area contributed by atoms with Gasteiger partial charge in [0.05, 0.1) is 18.6 Å². The Hall–Kier alpha value is -1.14. The third-order valence-corrected chi connectivity index (χ3v) is 11.5. The van der Waals surface area contributed by atoms with E-state index in [9.17, 15) is 14.7 Å². The second kappa shape index (κ2) is 36.2. The van der Waals surface area contributed by atoms with E-state index in [4.69, 9.17) is 9.47 Å². The molecule has 0 spiro atoms. The first kappa shape index (κ1) is 52.9. The molecule has 0 aromatic carbocycles. The largest absolute Gasteiger partial charge is 0.465 e. The third-order valence-electron chi connectivity index (χ3n) is 11.5. The van der Waals surface area contributed by atoms with E-state index in [1.165, 1.54) is 116 Å². The van der Waals surface area contributed by atoms with Crippen molar-refractivity contribution in [2.45, 2.75) is 254 Å². The van der Waals surface area contributed by atoms with Crippen LogP contribution in [0.3, 0.4) is 0 Å². The van der Waals surface area contributed by atoms with Gasteiger partial charge < -0.3 is 19.5 Å². The number of ether oxygens (including phenoxy) is 2. The lowest BCUT2D eigenvalue weighted by Crippen LogP contribution is -2.31. The van der Waals surface area contributed by atoms with Crippen molar-refractivity contribution in [1.29, 1.82) is 0 Å². The maximum absolute atomic E-state index is 13.4. The highest BCUT2D eigenvalue weighted by Gasteiger charge is 2.31. The van der Waals surface area contributed by atoms with Gasteiger partial charge in [-0.1, -0.05) is 169 Å². The van der Waals surface area contributed by atoms with Crippen molar-refractivity contribution < 1.29 is 24.2 Å². The number of carbonyl (C=O) groups is 2. The summed E-state index contributed by atoms with van der Waals surface area (Å²) >= 11 is 0. The smallest absolute Gasteiger partial charge is 0.311 e. The zero-order valence-electron chi connectivity index (χ0n) is 37.6. The number of aliphatic hydroxyl groups is 1. The molecule has 0 saturated carbocycles. The first-order valence-corrected chi connectivity index (χ1v) is 23.7. The minimum atomic E-state index is -0.442. The van der Waals surface area contributed by atoms with Crippen molar-refractivity contribution in [1.82, 2.24) is 4.90 Å². The average molecular weight is 766 g/mol. The number of aliphatic hydroxyl groups excluding tert-OH is 1. The molecule has 0 fully saturated rings. The monoisotopic (exact) mass is 766 g/mol. The molecule has 0 aliphatic rings. The number of esters is 2. The quantitative estimate of drug-likeness (QED) is 0.0493. The highest BCUT2D eigenvalue weighted by Crippen LogP contribution is 2.29. The molecule has 0 atom stereocenters. The standard InChI is InChI=1S/C48H95NO5/c1-8-11-14-17-20-21-24-29-36-45(51)53-43-47(4,5)37-31-33-40-49(41-42-50)39-32-26-25-30-38-48(6,7)46(52)54-44(34-27-22-18-15-12-9-2)35-28-23-19-16-13-10-3/h44,50H,8-43H2,1-7H3. The maximum Gasteiger partial charge on any atom is 0.311 e. The molecule has 1 N–H and O–H groups in total. The Morgan fingerprint density at radius 1 is 0.537 bits per heavy atom. The fourth-order valence-electron chi connectivity index (χ4n) is 7.47. The van der Waals surface area contributed by atoms with Crippen molar-refractivity contribution in [2.24, 2.45) is 10.8 Å². The molecular weight excluding hydrogens is 671 g/mol. The number of rotatable bonds is 41. The molecular formula is C48H95NO5. The first-order valence-electron chi connectivity index (χ1n) is 23.7. The van der Waals surface area contributed by atoms with Gasteiger partial charge in [-0.3, -0.25) is 9.59 Å². The van der Waals surface area contributed by atoms with E-state index in [0.717, 1.165) is 96.7 Å². The SMILES string of the molecule is CCCCCCCCCCC(=O)OCC(C)(C)CCCCN(CCO)CCCCCCC(C)(C)C(=O)OC(CCCCCCCC)CCCCCCCC. The predicted octanol–water partition coefficient (Wildman–Crippen LogP) is 13.9. The molecule has 0 bridgehead atoms. The van der Waals surface area contributed by atoms with Gasteiger partial charge in [-0.15, -0.1) is 0 Å². The van der Waals surface area contributed by atoms with E-state index < -0.39 is 5.41 Å². The Bertz CT molecular complexity index is 827. The summed E-state index contributed by atoms with van der Waals surface area (Å²) in [4.78, 5) is 28.1. The molecule has 0 heterocycles. The second-order valence-electron chi connectivity index (χ2n) is 18.3. The summed E-state index contributed by atoms with van der Waals surface area (Å²) < 4.78 is 11.9. The van der Waals surface area contributed by atoms with Crippen LogP contribution in [0.4, 0.5) is 0 Å². The molecule has 0 saturated heterocycles. The van der Waals surface area contributed by atoms with E-state index in [0.29, 0.717) is 13.0 Å². The number of nitrogens with zero attached hydrogens (tertiary/aromatic N) is 1. The zero-order chi connectivity index (χ0) is 40.2. The number of hydrogen-bond donors (Lipinski definition) is 1. The molecule has 6 nitrogen and oxygen atoms in total. The molecule has 0 aromatic heterocycles. The lowest BCUT2D eigenvalue weighted by Gasteiger charge is -2.27. The van der Waals surface area contributed by atoms with Crippen LogP contribution in [-0.4, -0.2) is 60.9 Å². The van der Waals surface area contributed by atoms with Crippen LogP contribution in [0, 0.1) is 10.8 Å². The molecule has 322 valence electrons. The van der Waals surface area contributed by atoms with Crippen LogP contribution in [0.2, 0.25) is 0 Å². The van der Waals surface area contributed by atoms with Crippen molar-refractivity contribution >= 4 is 11.9 Å². The molecule has 0 unspecified atom stereocenters. The lowest BCUT2D eigenvalue weighted by atomic mass is 9.86. The van der Waals surface area contributed by atoms with Gasteiger partial charge in [-0.05, 0) is 90.1 Å². The van der Waals surface area contributed by atoms with Gasteiger partial charge in [0, 0.05) is 13.0 Å². The van der Waals surface area contributed by atoms with Gasteiger partial charge in [0.1, 0.15) is 6.10 Å². The van der Waals surface area contributed by atoms with E-state index in [-0.39, 0.29) is 30.1 Å². The van der Waals surface area contributed by atoms with Gasteiger partial charge in [0.25, 0.3) is 0 Å². The molecule has 0 radical (unpaired) electrons. The van der Waals surface area contributed by atoms with Crippen molar-refractivity contribution in [2.75, 3.05) is 32.8 Å². The minimum Gasteiger partial charge on any atom is -0.465 e. The summed E-state index contributed by atoms with van der Waals surface area (Å²) in [5, 5.41) is 9.67. The predicted molar refractivity (Wildman–Crippen MR) is 232 cm³/mol. The zero-order valence-corrected chi connectivity index (χ0v) is 37.6. The molecule has 0 rings (SSSR count). The van der Waals surface area contributed by atoms with Gasteiger partial charge in [-0.25, -0.2) is 0 Å². The lowest BCUT2D eigenvalue weighted by molar-refractivity contribution is -0.161. The Kier molecular flexibility index (Phi) is 35.5. The molecule has 0 aromatic rings. The Morgan fingerprint density at radius 3 is 1.48 bits per heavy atom. The van der Waals surface area contributed by atoms with E-state index in [1.807, 2.05) is 0 Å². The molecule has 0 aliphatic carbocycles. The summed E-state index contributed by atoms with van der Waals surface area (Å²) in [6.45, 7) is 18.7. The van der Waals surface area contributed by atoms with Crippen LogP contribution in [0.5, 0.6) is 0 Å². The molecule has 6 heteroatoms. The third kappa shape index (κ3) is 33.0. The van der Waals surface area contributed by atoms with Crippen LogP contribution in [-0.2, 0) is 19.1 Å². The maximum atomic E-state index is 13.4. The Balaban J connectivity index is 4.36. The highest BCUT2D eigenvalue weighted by atomic mass is 16.5. The van der Waals surface area contributed by atoms with Gasteiger partial charge in [0.2, 0.25) is 0 Å². The Labute approximate surface area is 337 Å². The fraction of sp³-hybridized carbons (Fsp3) is 0.958. The van der Waals surface area contributed by atoms with Gasteiger partial charge in [-0.2, -0.15) is 0 Å². The van der Waals surface area contributed by atoms with Crippen LogP contribution in [0.1, 0.15) is 248 Å². The summed E-state index contributed by atoms with van der Waals surface area (Å²) in [7, 11) is 0. The first-order chi connectivity index (χ1) is 26.0. The molecule has 54 heavy (non-hydrogen) atoms. The highest BCUT2D eigenvalue weighted by molar-refractivity contribution is 5.76. The summed E-state index contributed by atoms with van der Waals surface area (Å²) in [6, 6.07) is 0. The fourth-order valence-corrected chi connectivity index (χ4v) is 7.47. The van der Waals surface area contributed by atoms with E-state index in [1.54, 1.807) is 0 Å². The van der Waals surface area contributed by atoms with Crippen molar-refractivity contribution in [3.63, 3.8) is 0 Å². The van der Waals surface area contributed by atoms with Gasteiger partial charge in [0.15, 0.2) is 0 Å². The number of hydrogen-bond acceptors (Lipinski definition) is 6. The summed E-state index contributed by atoms with van der Waals surface area (Å²) in [5.74, 6) is -0.0448. The Morgan fingerprint density at radius 2 is 0.963 bits per heavy atom. The molecule has 0 amide bonds. The summed E-state index contributed by atoms with van der Waals surface area (Å²) in [5.41, 5.74) is -0.456. The number of carbonyl (C=O) groups excluding carboxylic acids is 2. The number of unbranched alkanes of at least 4 members (excludes halogenated alkanes) is 21. The summed E-state index contributed by atoms with van der Waals surface area (Å²) in [6.07, 6.45) is 36.3. The van der Waals surface area contributed by atoms with E-state index >= 15 is 0 Å². The van der Waals surface area contributed by atoms with E-state index in [2.05, 4.69) is 53.4 Å². The molecule has 0 aliphatic heterocycles. The van der Waals surface area contributed by atoms with Crippen molar-refractivity contribution in [3.05, 3.63) is 0 Å². The second-order valence-corrected chi connectivity index (χ2v) is 18.3. The van der Waals surface area contributed by atoms with Crippen LogP contribution in [0.25, 0.3) is 0 Å². The van der Waals surface area contributed by atoms with Crippen LogP contribution in [0.15, 0.2) is 0 Å². The minimum absolute atomic E-state index is 0.00118. The normalized spacial score (nSPS) is 12.3. The topological polar surface area (TPSA) is 76.1 Å². The average Bonchev–Trinajstić information content (AvgIpc) is 3.14. The van der Waals surface area contributed by atoms with Crippen LogP contribution < -0.4 is 0 Å². The van der Waals surface area contributed by atoms with Crippen molar-refractivity contribution in [3.8, 4) is 0 Å². The van der Waals surface area contributed by atoms with Crippen LogP contribution >= 0.6 is 0 Å². The van der Waals surface area contributed by atoms with Gasteiger partial charge >= 0.3 is 11.9 Å².